The van der Waals surface area contributed by atoms with Crippen LogP contribution in [0.3, 0.4) is 0 Å². The van der Waals surface area contributed by atoms with Gasteiger partial charge in [0.25, 0.3) is 0 Å². The number of nitriles is 1. The third kappa shape index (κ3) is 3.25. The largest absolute Gasteiger partial charge is 0.416 e. The van der Waals surface area contributed by atoms with Gasteiger partial charge in [-0.1, -0.05) is 0 Å². The van der Waals surface area contributed by atoms with E-state index in [2.05, 4.69) is 4.98 Å². The van der Waals surface area contributed by atoms with Crippen LogP contribution in [-0.2, 0) is 11.0 Å². The zero-order valence-corrected chi connectivity index (χ0v) is 13.3. The number of rotatable bonds is 4. The number of carbonyl (C=O) groups excluding carboxylic acids is 1. The fourth-order valence-electron chi connectivity index (χ4n) is 1.84. The first-order valence-corrected chi connectivity index (χ1v) is 8.32. The molecule has 0 aliphatic carbocycles. The maximum absolute atomic E-state index is 12.7. The molecule has 1 heterocycles. The summed E-state index contributed by atoms with van der Waals surface area (Å²) < 4.78 is 38.6. The lowest BCUT2D eigenvalue weighted by Gasteiger charge is -2.09. The Balaban J connectivity index is 2.44. The van der Waals surface area contributed by atoms with Crippen molar-refractivity contribution < 1.29 is 18.0 Å². The summed E-state index contributed by atoms with van der Waals surface area (Å²) in [6, 6.07) is 5.12. The van der Waals surface area contributed by atoms with Gasteiger partial charge in [-0.3, -0.25) is 4.79 Å². The molecule has 8 heteroatoms. The van der Waals surface area contributed by atoms with Crippen molar-refractivity contribution in [3.05, 3.63) is 28.8 Å². The highest BCUT2D eigenvalue weighted by molar-refractivity contribution is 7.99. The number of ketones is 1. The quantitative estimate of drug-likeness (QED) is 0.832. The van der Waals surface area contributed by atoms with E-state index in [9.17, 15) is 23.2 Å². The fraction of sp³-hybridized carbons (Fsp3) is 0.357. The molecule has 1 aromatic carbocycles. The SMILES string of the molecule is CS[C@@H](C)C(=O)[C@@H](C#N)c1nc2cc(C(F)(F)F)ccc2s1. The first kappa shape index (κ1) is 16.8. The number of aromatic nitrogens is 1. The highest BCUT2D eigenvalue weighted by Gasteiger charge is 2.32. The van der Waals surface area contributed by atoms with Gasteiger partial charge in [0.15, 0.2) is 11.7 Å². The van der Waals surface area contributed by atoms with Crippen LogP contribution in [0.15, 0.2) is 18.2 Å². The van der Waals surface area contributed by atoms with Crippen molar-refractivity contribution in [3.8, 4) is 6.07 Å². The summed E-state index contributed by atoms with van der Waals surface area (Å²) in [4.78, 5) is 16.2. The molecule has 0 bridgehead atoms. The summed E-state index contributed by atoms with van der Waals surface area (Å²) in [6.07, 6.45) is -2.69. The standard InChI is InChI=1S/C14H11F3N2OS2/c1-7(21-2)12(20)9(6-18)13-19-10-5-8(14(15,16)17)3-4-11(10)22-13/h3-5,7,9H,1-2H3/t7-,9+/m0/s1. The fourth-order valence-corrected chi connectivity index (χ4v) is 3.21. The van der Waals surface area contributed by atoms with Gasteiger partial charge in [0.1, 0.15) is 5.01 Å². The van der Waals surface area contributed by atoms with E-state index in [4.69, 9.17) is 0 Å². The van der Waals surface area contributed by atoms with E-state index in [1.807, 2.05) is 6.07 Å². The van der Waals surface area contributed by atoms with E-state index in [0.29, 0.717) is 4.70 Å². The number of thioether (sulfide) groups is 1. The van der Waals surface area contributed by atoms with Gasteiger partial charge in [-0.25, -0.2) is 4.98 Å². The number of hydrogen-bond acceptors (Lipinski definition) is 5. The number of halogens is 3. The number of nitrogens with zero attached hydrogens (tertiary/aromatic N) is 2. The lowest BCUT2D eigenvalue weighted by atomic mass is 10.0. The van der Waals surface area contributed by atoms with Gasteiger partial charge in [-0.2, -0.15) is 30.2 Å². The normalized spacial score (nSPS) is 14.5. The molecule has 0 N–H and O–H groups in total. The van der Waals surface area contributed by atoms with Crippen molar-refractivity contribution in [2.75, 3.05) is 6.26 Å². The smallest absolute Gasteiger partial charge is 0.296 e. The topological polar surface area (TPSA) is 53.8 Å². The molecule has 2 atom stereocenters. The van der Waals surface area contributed by atoms with Crippen LogP contribution >= 0.6 is 23.1 Å². The Labute approximate surface area is 133 Å². The Morgan fingerprint density at radius 3 is 2.68 bits per heavy atom. The minimum Gasteiger partial charge on any atom is -0.296 e. The van der Waals surface area contributed by atoms with Crippen molar-refractivity contribution in [1.29, 1.82) is 5.26 Å². The molecular weight excluding hydrogens is 333 g/mol. The van der Waals surface area contributed by atoms with Crippen molar-refractivity contribution in [2.24, 2.45) is 0 Å². The highest BCUT2D eigenvalue weighted by atomic mass is 32.2. The number of Topliss-reactive ketones (excluding diaryl/α,β-unsaturated/α-hetero) is 1. The molecule has 2 rings (SSSR count). The van der Waals surface area contributed by atoms with E-state index < -0.39 is 17.7 Å². The van der Waals surface area contributed by atoms with Crippen LogP contribution in [-0.4, -0.2) is 22.3 Å². The van der Waals surface area contributed by atoms with Gasteiger partial charge in [0, 0.05) is 0 Å². The maximum Gasteiger partial charge on any atom is 0.416 e. The molecule has 0 spiro atoms. The summed E-state index contributed by atoms with van der Waals surface area (Å²) in [7, 11) is 0. The minimum atomic E-state index is -4.45. The van der Waals surface area contributed by atoms with Gasteiger partial charge in [0.2, 0.25) is 0 Å². The van der Waals surface area contributed by atoms with Gasteiger partial charge >= 0.3 is 6.18 Å². The molecule has 0 aliphatic heterocycles. The first-order chi connectivity index (χ1) is 10.3. The van der Waals surface area contributed by atoms with Crippen LogP contribution in [0.4, 0.5) is 13.2 Å². The van der Waals surface area contributed by atoms with E-state index in [-0.39, 0.29) is 21.6 Å². The Bertz CT molecular complexity index is 749. The lowest BCUT2D eigenvalue weighted by Crippen LogP contribution is -2.20. The van der Waals surface area contributed by atoms with Crippen LogP contribution < -0.4 is 0 Å². The number of alkyl halides is 3. The van der Waals surface area contributed by atoms with Gasteiger partial charge < -0.3 is 0 Å². The van der Waals surface area contributed by atoms with Gasteiger partial charge in [0.05, 0.1) is 27.1 Å². The second-order valence-electron chi connectivity index (χ2n) is 4.57. The number of benzene rings is 1. The zero-order chi connectivity index (χ0) is 16.5. The second-order valence-corrected chi connectivity index (χ2v) is 6.82. The number of thiazole rings is 1. The van der Waals surface area contributed by atoms with Crippen LogP contribution in [0.25, 0.3) is 10.2 Å². The first-order valence-electron chi connectivity index (χ1n) is 6.21. The molecule has 0 aliphatic rings. The maximum atomic E-state index is 12.7. The molecule has 1 aromatic heterocycles. The van der Waals surface area contributed by atoms with Crippen LogP contribution in [0.1, 0.15) is 23.4 Å². The highest BCUT2D eigenvalue weighted by Crippen LogP contribution is 2.35. The molecule has 0 saturated carbocycles. The average Bonchev–Trinajstić information content (AvgIpc) is 2.88. The molecule has 0 amide bonds. The zero-order valence-electron chi connectivity index (χ0n) is 11.6. The summed E-state index contributed by atoms with van der Waals surface area (Å²) >= 11 is 2.39. The molecule has 0 unspecified atom stereocenters. The van der Waals surface area contributed by atoms with Crippen LogP contribution in [0, 0.1) is 11.3 Å². The average molecular weight is 344 g/mol. The van der Waals surface area contributed by atoms with Crippen molar-refractivity contribution in [1.82, 2.24) is 4.98 Å². The van der Waals surface area contributed by atoms with E-state index >= 15 is 0 Å². The number of carbonyl (C=O) groups is 1. The summed E-state index contributed by atoms with van der Waals surface area (Å²) in [5, 5.41) is 9.08. The molecule has 0 radical (unpaired) electrons. The van der Waals surface area contributed by atoms with Gasteiger partial charge in [-0.15, -0.1) is 11.3 Å². The predicted molar refractivity (Wildman–Crippen MR) is 81.0 cm³/mol. The molecule has 0 saturated heterocycles. The van der Waals surface area contributed by atoms with Crippen LogP contribution in [0.5, 0.6) is 0 Å². The Morgan fingerprint density at radius 2 is 2.14 bits per heavy atom. The molecule has 0 fully saturated rings. The predicted octanol–water partition coefficient (Wildman–Crippen LogP) is 4.24. The van der Waals surface area contributed by atoms with Crippen molar-refractivity contribution in [3.63, 3.8) is 0 Å². The third-order valence-electron chi connectivity index (χ3n) is 3.15. The Kier molecular flexibility index (Phi) is 4.78. The Morgan fingerprint density at radius 1 is 1.45 bits per heavy atom. The molecule has 116 valence electrons. The monoisotopic (exact) mass is 344 g/mol. The summed E-state index contributed by atoms with van der Waals surface area (Å²) in [5.74, 6) is -1.33. The molecule has 22 heavy (non-hydrogen) atoms. The van der Waals surface area contributed by atoms with E-state index in [1.165, 1.54) is 17.8 Å². The molecule has 2 aromatic rings. The molecule has 3 nitrogen and oxygen atoms in total. The van der Waals surface area contributed by atoms with Crippen molar-refractivity contribution in [2.45, 2.75) is 24.3 Å². The van der Waals surface area contributed by atoms with Gasteiger partial charge in [-0.05, 0) is 31.4 Å². The third-order valence-corrected chi connectivity index (χ3v) is 5.19. The van der Waals surface area contributed by atoms with Crippen molar-refractivity contribution >= 4 is 39.1 Å². The van der Waals surface area contributed by atoms with E-state index in [1.54, 1.807) is 13.2 Å². The molecular formula is C14H11F3N2OS2. The van der Waals surface area contributed by atoms with E-state index in [0.717, 1.165) is 23.5 Å². The Hall–Kier alpha value is -1.59. The number of hydrogen-bond donors (Lipinski definition) is 0. The minimum absolute atomic E-state index is 0.152. The van der Waals surface area contributed by atoms with Crippen LogP contribution in [0.2, 0.25) is 0 Å². The number of fused-ring (bicyclic) bond motifs is 1. The lowest BCUT2D eigenvalue weighted by molar-refractivity contribution is -0.137. The summed E-state index contributed by atoms with van der Waals surface area (Å²) in [5.41, 5.74) is -0.645. The summed E-state index contributed by atoms with van der Waals surface area (Å²) in [6.45, 7) is 1.69. The second kappa shape index (κ2) is 6.26.